The van der Waals surface area contributed by atoms with Crippen molar-refractivity contribution in [2.75, 3.05) is 39.6 Å². The summed E-state index contributed by atoms with van der Waals surface area (Å²) in [5.74, 6) is 0. The van der Waals surface area contributed by atoms with Gasteiger partial charge in [-0.2, -0.15) is 0 Å². The Morgan fingerprint density at radius 2 is 0.810 bits per heavy atom. The molecule has 0 aliphatic rings. The van der Waals surface area contributed by atoms with Gasteiger partial charge < -0.3 is 26.6 Å². The maximum Gasteiger partial charge on any atom is 0.500 e. The summed E-state index contributed by atoms with van der Waals surface area (Å²) in [5.41, 5.74) is 5.36. The van der Waals surface area contributed by atoms with Gasteiger partial charge >= 0.3 is 17.6 Å². The Labute approximate surface area is 266 Å². The maximum atomic E-state index is 6.09. The third-order valence-corrected chi connectivity index (χ3v) is 16.0. The minimum absolute atomic E-state index is 0.610. The number of aryl methyl sites for hydroxylation is 4. The predicted octanol–water partition coefficient (Wildman–Crippen LogP) is 9.06. The van der Waals surface area contributed by atoms with Crippen LogP contribution in [-0.4, -0.2) is 57.3 Å². The predicted molar refractivity (Wildman–Crippen MR) is 182 cm³/mol. The van der Waals surface area contributed by atoms with E-state index in [0.29, 0.717) is 39.6 Å². The molecular weight excluding hydrogens is 601 g/mol. The number of hydrogen-bond acceptors (Lipinski definition) is 8. The van der Waals surface area contributed by atoms with Crippen molar-refractivity contribution >= 4 is 39.2 Å². The van der Waals surface area contributed by atoms with Gasteiger partial charge in [0.15, 0.2) is 0 Å². The van der Waals surface area contributed by atoms with Gasteiger partial charge in [0.1, 0.15) is 0 Å². The van der Waals surface area contributed by atoms with E-state index in [4.69, 9.17) is 26.6 Å². The van der Waals surface area contributed by atoms with E-state index >= 15 is 0 Å². The van der Waals surface area contributed by atoms with Crippen LogP contribution < -0.4 is 0 Å². The number of rotatable bonds is 23. The van der Waals surface area contributed by atoms with E-state index in [2.05, 4.69) is 50.2 Å². The van der Waals surface area contributed by atoms with Gasteiger partial charge in [-0.15, -0.1) is 0 Å². The summed E-state index contributed by atoms with van der Waals surface area (Å²) in [6, 6.07) is 14.9. The lowest BCUT2D eigenvalue weighted by molar-refractivity contribution is 0.0700. The highest BCUT2D eigenvalue weighted by Gasteiger charge is 2.40. The smallest absolute Gasteiger partial charge is 0.374 e. The molecule has 2 aromatic carbocycles. The van der Waals surface area contributed by atoms with E-state index < -0.39 is 17.6 Å². The van der Waals surface area contributed by atoms with Gasteiger partial charge in [0, 0.05) is 61.5 Å². The largest absolute Gasteiger partial charge is 0.500 e. The van der Waals surface area contributed by atoms with E-state index in [1.807, 2.05) is 63.1 Å². The Morgan fingerprint density at radius 1 is 0.500 bits per heavy atom. The van der Waals surface area contributed by atoms with Crippen LogP contribution in [0, 0.1) is 13.8 Å². The summed E-state index contributed by atoms with van der Waals surface area (Å²) < 4.78 is 36.6. The molecule has 238 valence electrons. The zero-order valence-electron chi connectivity index (χ0n) is 27.2. The topological polar surface area (TPSA) is 55.4 Å². The van der Waals surface area contributed by atoms with Gasteiger partial charge in [0.05, 0.1) is 0 Å². The summed E-state index contributed by atoms with van der Waals surface area (Å²) in [6.45, 7) is 20.2. The summed E-state index contributed by atoms with van der Waals surface area (Å²) in [6.07, 6.45) is 3.86. The standard InChI is InChI=1S/C32H54O6S2Si2/c1-9-33-41(34-10-2,35-11-3)25-17-23-29-21-15-19-27(7)31(29)39-40-32-28(8)20-16-22-30(32)24-18-26-42(36-12-4,37-13-5)38-14-6/h15-16,19-22H,9-14,17-18,23-26H2,1-8H3. The fraction of sp³-hybridized carbons (Fsp3) is 0.625. The summed E-state index contributed by atoms with van der Waals surface area (Å²) >= 11 is 0. The molecule has 0 amide bonds. The van der Waals surface area contributed by atoms with E-state index in [9.17, 15) is 0 Å². The fourth-order valence-electron chi connectivity index (χ4n) is 5.14. The molecule has 0 radical (unpaired) electrons. The molecule has 0 aromatic heterocycles. The molecule has 10 heteroatoms. The third-order valence-electron chi connectivity index (χ3n) is 6.84. The highest BCUT2D eigenvalue weighted by atomic mass is 33.1. The average Bonchev–Trinajstić information content (AvgIpc) is 2.94. The van der Waals surface area contributed by atoms with Gasteiger partial charge in [-0.1, -0.05) is 58.0 Å². The van der Waals surface area contributed by atoms with Crippen LogP contribution >= 0.6 is 21.6 Å². The molecule has 42 heavy (non-hydrogen) atoms. The molecule has 0 saturated heterocycles. The normalized spacial score (nSPS) is 12.3. The number of benzene rings is 2. The van der Waals surface area contributed by atoms with Crippen molar-refractivity contribution in [1.82, 2.24) is 0 Å². The van der Waals surface area contributed by atoms with Gasteiger partial charge in [-0.3, -0.25) is 0 Å². The first kappa shape index (κ1) is 37.5. The first-order chi connectivity index (χ1) is 20.3. The van der Waals surface area contributed by atoms with E-state index in [1.165, 1.54) is 32.0 Å². The van der Waals surface area contributed by atoms with Crippen molar-refractivity contribution in [1.29, 1.82) is 0 Å². The molecule has 0 spiro atoms. The van der Waals surface area contributed by atoms with Crippen molar-refractivity contribution in [3.05, 3.63) is 58.7 Å². The molecule has 0 aliphatic carbocycles. The van der Waals surface area contributed by atoms with Crippen LogP contribution in [0.2, 0.25) is 12.1 Å². The first-order valence-corrected chi connectivity index (χ1v) is 21.7. The zero-order valence-corrected chi connectivity index (χ0v) is 30.8. The molecule has 6 nitrogen and oxygen atoms in total. The average molecular weight is 655 g/mol. The number of hydrogen-bond donors (Lipinski definition) is 0. The van der Waals surface area contributed by atoms with Crippen LogP contribution in [0.1, 0.15) is 76.6 Å². The highest BCUT2D eigenvalue weighted by molar-refractivity contribution is 8.76. The Bertz CT molecular complexity index is 927. The fourth-order valence-corrected chi connectivity index (χ4v) is 13.4. The molecule has 0 saturated carbocycles. The zero-order chi connectivity index (χ0) is 30.8. The van der Waals surface area contributed by atoms with Crippen LogP contribution in [0.4, 0.5) is 0 Å². The molecule has 0 aliphatic heterocycles. The Balaban J connectivity index is 2.15. The molecule has 2 aromatic rings. The lowest BCUT2D eigenvalue weighted by Gasteiger charge is -2.28. The summed E-state index contributed by atoms with van der Waals surface area (Å²) in [7, 11) is -1.54. The molecule has 0 unspecified atom stereocenters. The molecule has 0 fully saturated rings. The first-order valence-electron chi connectivity index (χ1n) is 15.7. The van der Waals surface area contributed by atoms with E-state index in [1.54, 1.807) is 0 Å². The van der Waals surface area contributed by atoms with Gasteiger partial charge in [0.25, 0.3) is 0 Å². The van der Waals surface area contributed by atoms with Crippen molar-refractivity contribution < 1.29 is 26.6 Å². The van der Waals surface area contributed by atoms with Crippen LogP contribution in [0.25, 0.3) is 0 Å². The monoisotopic (exact) mass is 654 g/mol. The summed E-state index contributed by atoms with van der Waals surface area (Å²) in [5, 5.41) is 0. The van der Waals surface area contributed by atoms with Crippen molar-refractivity contribution in [2.45, 2.75) is 103 Å². The second kappa shape index (κ2) is 20.4. The summed E-state index contributed by atoms with van der Waals surface area (Å²) in [4.78, 5) is 2.70. The Kier molecular flexibility index (Phi) is 18.2. The lowest BCUT2D eigenvalue weighted by atomic mass is 10.1. The SMILES string of the molecule is CCO[Si](CCCc1cccc(C)c1SSc1c(C)cccc1CCC[Si](OCC)(OCC)OCC)(OCC)OCC. The van der Waals surface area contributed by atoms with E-state index in [-0.39, 0.29) is 0 Å². The molecule has 0 atom stereocenters. The lowest BCUT2D eigenvalue weighted by Crippen LogP contribution is -2.46. The van der Waals surface area contributed by atoms with Crippen LogP contribution in [0.3, 0.4) is 0 Å². The van der Waals surface area contributed by atoms with Crippen LogP contribution in [0.5, 0.6) is 0 Å². The highest BCUT2D eigenvalue weighted by Crippen LogP contribution is 2.44. The van der Waals surface area contributed by atoms with Crippen molar-refractivity contribution in [2.24, 2.45) is 0 Å². The quantitative estimate of drug-likeness (QED) is 0.0869. The molecule has 0 N–H and O–H groups in total. The maximum absolute atomic E-state index is 6.09. The van der Waals surface area contributed by atoms with Crippen molar-refractivity contribution in [3.63, 3.8) is 0 Å². The van der Waals surface area contributed by atoms with E-state index in [0.717, 1.165) is 37.8 Å². The van der Waals surface area contributed by atoms with Gasteiger partial charge in [0.2, 0.25) is 0 Å². The van der Waals surface area contributed by atoms with Gasteiger partial charge in [-0.25, -0.2) is 0 Å². The molecule has 0 bridgehead atoms. The third kappa shape index (κ3) is 11.7. The van der Waals surface area contributed by atoms with Crippen LogP contribution in [0.15, 0.2) is 46.2 Å². The molecule has 2 rings (SSSR count). The molecule has 0 heterocycles. The van der Waals surface area contributed by atoms with Gasteiger partial charge in [-0.05, 0) is 103 Å². The van der Waals surface area contributed by atoms with Crippen LogP contribution in [-0.2, 0) is 39.4 Å². The Morgan fingerprint density at radius 3 is 1.10 bits per heavy atom. The Hall–Kier alpha value is -0.666. The second-order valence-electron chi connectivity index (χ2n) is 9.96. The minimum Gasteiger partial charge on any atom is -0.374 e. The molecular formula is C32H54O6S2Si2. The minimum atomic E-state index is -2.65. The van der Waals surface area contributed by atoms with Crippen molar-refractivity contribution in [3.8, 4) is 0 Å². The second-order valence-corrected chi connectivity index (χ2v) is 17.6.